The number of hydrogen-bond donors (Lipinski definition) is 2. The lowest BCUT2D eigenvalue weighted by atomic mass is 10.5. The zero-order valence-corrected chi connectivity index (χ0v) is 5.54. The number of hydrogen-bond acceptors (Lipinski definition) is 3. The Balaban J connectivity index is 4.16. The van der Waals surface area contributed by atoms with Gasteiger partial charge in [0.2, 0.25) is 0 Å². The molecule has 0 aliphatic carbocycles. The van der Waals surface area contributed by atoms with Crippen LogP contribution in [0.1, 0.15) is 0 Å². The number of rotatable bonds is 2. The molecule has 0 saturated heterocycles. The maximum atomic E-state index is 5.17. The zero-order chi connectivity index (χ0) is 7.98. The minimum Gasteiger partial charge on any atom is -0.402 e. The van der Waals surface area contributed by atoms with E-state index < -0.39 is 0 Å². The van der Waals surface area contributed by atoms with Crippen molar-refractivity contribution in [2.75, 3.05) is 0 Å². The van der Waals surface area contributed by atoms with E-state index in [4.69, 9.17) is 17.9 Å². The van der Waals surface area contributed by atoms with Gasteiger partial charge < -0.3 is 11.5 Å². The number of terminal acetylenes is 1. The minimum absolute atomic E-state index is 0.339. The third kappa shape index (κ3) is 3.33. The molecule has 52 valence electrons. The van der Waals surface area contributed by atoms with Crippen LogP contribution < -0.4 is 11.5 Å². The highest BCUT2D eigenvalue weighted by atomic mass is 14.8. The smallest absolute Gasteiger partial charge is 0.128 e. The summed E-state index contributed by atoms with van der Waals surface area (Å²) < 4.78 is 0. The Bertz CT molecular complexity index is 217. The summed E-state index contributed by atoms with van der Waals surface area (Å²) in [5, 5.41) is 0. The zero-order valence-electron chi connectivity index (χ0n) is 5.54. The van der Waals surface area contributed by atoms with Gasteiger partial charge in [-0.3, -0.25) is 0 Å². The summed E-state index contributed by atoms with van der Waals surface area (Å²) in [6, 6.07) is 0. The van der Waals surface area contributed by atoms with Gasteiger partial charge in [-0.15, -0.1) is 6.42 Å². The van der Waals surface area contributed by atoms with Crippen molar-refractivity contribution in [3.8, 4) is 12.3 Å². The Labute approximate surface area is 60.1 Å². The van der Waals surface area contributed by atoms with Crippen LogP contribution in [-0.4, -0.2) is 6.21 Å². The number of allylic oxidation sites excluding steroid dienone is 2. The van der Waals surface area contributed by atoms with Crippen molar-refractivity contribution < 1.29 is 0 Å². The van der Waals surface area contributed by atoms with Crippen LogP contribution in [-0.2, 0) is 0 Å². The van der Waals surface area contributed by atoms with Crippen LogP contribution in [0.2, 0.25) is 0 Å². The molecule has 0 aromatic heterocycles. The van der Waals surface area contributed by atoms with E-state index in [0.29, 0.717) is 11.4 Å². The first-order valence-electron chi connectivity index (χ1n) is 2.57. The lowest BCUT2D eigenvalue weighted by Crippen LogP contribution is -1.95. The first-order valence-corrected chi connectivity index (χ1v) is 2.57. The normalized spacial score (nSPS) is 11.3. The molecule has 0 fully saturated rings. The molecule has 0 unspecified atom stereocenters. The Morgan fingerprint density at radius 2 is 2.30 bits per heavy atom. The van der Waals surface area contributed by atoms with Crippen molar-refractivity contribution in [3.63, 3.8) is 0 Å². The molecule has 0 rings (SSSR count). The van der Waals surface area contributed by atoms with Crippen molar-refractivity contribution in [3.05, 3.63) is 24.2 Å². The Morgan fingerprint density at radius 3 is 2.60 bits per heavy atom. The second kappa shape index (κ2) is 4.21. The van der Waals surface area contributed by atoms with E-state index in [1.54, 1.807) is 0 Å². The molecule has 0 radical (unpaired) electrons. The highest BCUT2D eigenvalue weighted by Gasteiger charge is 1.81. The molecule has 0 aromatic carbocycles. The fourth-order valence-electron chi connectivity index (χ4n) is 0.281. The predicted molar refractivity (Wildman–Crippen MR) is 42.9 cm³/mol. The van der Waals surface area contributed by atoms with Crippen LogP contribution in [0.25, 0.3) is 0 Å². The van der Waals surface area contributed by atoms with Gasteiger partial charge in [0, 0.05) is 11.9 Å². The molecule has 0 aliphatic rings. The summed E-state index contributed by atoms with van der Waals surface area (Å²) in [5.74, 6) is 2.25. The molecule has 3 heteroatoms. The van der Waals surface area contributed by atoms with Gasteiger partial charge in [0.15, 0.2) is 0 Å². The van der Waals surface area contributed by atoms with Gasteiger partial charge in [0.05, 0.1) is 6.21 Å². The Morgan fingerprint density at radius 1 is 1.70 bits per heavy atom. The van der Waals surface area contributed by atoms with Crippen molar-refractivity contribution in [1.82, 2.24) is 0 Å². The number of nitrogens with two attached hydrogens (primary N) is 2. The molecule has 10 heavy (non-hydrogen) atoms. The van der Waals surface area contributed by atoms with Gasteiger partial charge in [-0.2, -0.15) is 0 Å². The molecule has 0 saturated carbocycles. The highest BCUT2D eigenvalue weighted by Crippen LogP contribution is 1.88. The van der Waals surface area contributed by atoms with Crippen molar-refractivity contribution in [2.24, 2.45) is 16.5 Å². The molecule has 4 N–H and O–H groups in total. The summed E-state index contributed by atoms with van der Waals surface area (Å²) in [4.78, 5) is 3.71. The van der Waals surface area contributed by atoms with Crippen molar-refractivity contribution in [1.29, 1.82) is 0 Å². The topological polar surface area (TPSA) is 64.4 Å². The van der Waals surface area contributed by atoms with E-state index in [9.17, 15) is 0 Å². The first kappa shape index (κ1) is 8.31. The summed E-state index contributed by atoms with van der Waals surface area (Å²) >= 11 is 0. The monoisotopic (exact) mass is 135 g/mol. The van der Waals surface area contributed by atoms with Gasteiger partial charge in [-0.05, 0) is 5.92 Å². The van der Waals surface area contributed by atoms with Gasteiger partial charge in [-0.1, -0.05) is 6.58 Å². The van der Waals surface area contributed by atoms with E-state index in [2.05, 4.69) is 17.5 Å². The van der Waals surface area contributed by atoms with Gasteiger partial charge in [0.1, 0.15) is 5.70 Å². The molecule has 0 spiro atoms. The summed E-state index contributed by atoms with van der Waals surface area (Å²) in [6.07, 6.45) is 7.55. The Hall–Kier alpha value is -1.69. The molecule has 0 bridgehead atoms. The lowest BCUT2D eigenvalue weighted by Gasteiger charge is -1.86. The molecule has 3 nitrogen and oxygen atoms in total. The second-order valence-electron chi connectivity index (χ2n) is 1.53. The third-order valence-electron chi connectivity index (χ3n) is 0.675. The molecular weight excluding hydrogens is 126 g/mol. The fraction of sp³-hybridized carbons (Fsp3) is 0. The van der Waals surface area contributed by atoms with Crippen molar-refractivity contribution in [2.45, 2.75) is 0 Å². The average Bonchev–Trinajstić information content (AvgIpc) is 1.90. The molecular formula is C7H9N3. The summed E-state index contributed by atoms with van der Waals surface area (Å²) in [6.45, 7) is 3.39. The number of aliphatic imine (C=N–C) groups is 1. The quantitative estimate of drug-likeness (QED) is 0.412. The Kier molecular flexibility index (Phi) is 3.50. The number of nitrogens with zero attached hydrogens (tertiary/aromatic N) is 1. The molecule has 0 aromatic rings. The summed E-state index contributed by atoms with van der Waals surface area (Å²) in [7, 11) is 0. The van der Waals surface area contributed by atoms with Crippen LogP contribution >= 0.6 is 0 Å². The van der Waals surface area contributed by atoms with Crippen LogP contribution in [0.5, 0.6) is 0 Å². The van der Waals surface area contributed by atoms with E-state index in [1.165, 1.54) is 12.4 Å². The molecule has 0 heterocycles. The van der Waals surface area contributed by atoms with Crippen LogP contribution in [0.3, 0.4) is 0 Å². The fourth-order valence-corrected chi connectivity index (χ4v) is 0.281. The van der Waals surface area contributed by atoms with Crippen LogP contribution in [0, 0.1) is 12.3 Å². The van der Waals surface area contributed by atoms with Gasteiger partial charge >= 0.3 is 0 Å². The lowest BCUT2D eigenvalue weighted by molar-refractivity contribution is 1.38. The molecule has 0 aliphatic heterocycles. The van der Waals surface area contributed by atoms with E-state index in [0.717, 1.165) is 0 Å². The van der Waals surface area contributed by atoms with Crippen molar-refractivity contribution >= 4 is 6.21 Å². The third-order valence-corrected chi connectivity index (χ3v) is 0.675. The summed E-state index contributed by atoms with van der Waals surface area (Å²) in [5.41, 5.74) is 10.9. The predicted octanol–water partition coefficient (Wildman–Crippen LogP) is -0.0371. The first-order chi connectivity index (χ1) is 4.70. The van der Waals surface area contributed by atoms with E-state index in [1.807, 2.05) is 0 Å². The average molecular weight is 135 g/mol. The second-order valence-corrected chi connectivity index (χ2v) is 1.53. The minimum atomic E-state index is 0.339. The highest BCUT2D eigenvalue weighted by molar-refractivity contribution is 5.77. The van der Waals surface area contributed by atoms with E-state index >= 15 is 0 Å². The maximum Gasteiger partial charge on any atom is 0.128 e. The molecule has 0 atom stereocenters. The van der Waals surface area contributed by atoms with E-state index in [-0.39, 0.29) is 0 Å². The standard InChI is InChI=1S/C7H9N3/c1-3-7(4-8)10-5-6(2)9/h1,4-5H,2,8-9H2/b7-4-,10-5?. The van der Waals surface area contributed by atoms with Crippen LogP contribution in [0.15, 0.2) is 29.2 Å². The maximum absolute atomic E-state index is 5.17. The van der Waals surface area contributed by atoms with Gasteiger partial charge in [0.25, 0.3) is 0 Å². The van der Waals surface area contributed by atoms with Crippen LogP contribution in [0.4, 0.5) is 0 Å². The molecule has 0 amide bonds. The van der Waals surface area contributed by atoms with Gasteiger partial charge in [-0.25, -0.2) is 4.99 Å². The SMILES string of the molecule is C#C/C(=C/N)N=CC(=C)N. The largest absolute Gasteiger partial charge is 0.402 e.